The molecule has 0 aliphatic carbocycles. The molecule has 94 valence electrons. The minimum absolute atomic E-state index is 0.00144. The molecule has 0 atom stereocenters. The minimum atomic E-state index is -0.428. The molecule has 2 rings (SSSR count). The Morgan fingerprint density at radius 3 is 2.83 bits per heavy atom. The first-order valence-electron chi connectivity index (χ1n) is 5.56. The number of nitro benzene ring substituents is 1. The molecule has 6 nitrogen and oxygen atoms in total. The van der Waals surface area contributed by atoms with Gasteiger partial charge in [-0.3, -0.25) is 10.1 Å². The van der Waals surface area contributed by atoms with Crippen molar-refractivity contribution in [2.24, 2.45) is 0 Å². The Morgan fingerprint density at radius 2 is 2.17 bits per heavy atom. The minimum Gasteiger partial charge on any atom is -0.478 e. The second kappa shape index (κ2) is 4.87. The Labute approximate surface area is 104 Å². The van der Waals surface area contributed by atoms with Gasteiger partial charge in [-0.25, -0.2) is 0 Å². The number of hydrogen-bond donors (Lipinski definition) is 0. The van der Waals surface area contributed by atoms with Crippen LogP contribution in [-0.4, -0.2) is 21.3 Å². The summed E-state index contributed by atoms with van der Waals surface area (Å²) in [4.78, 5) is 10.6. The molecule has 0 unspecified atom stereocenters. The summed E-state index contributed by atoms with van der Waals surface area (Å²) in [5.41, 5.74) is 1.15. The van der Waals surface area contributed by atoms with E-state index in [9.17, 15) is 10.1 Å². The van der Waals surface area contributed by atoms with Crippen LogP contribution in [0, 0.1) is 17.0 Å². The largest absolute Gasteiger partial charge is 0.478 e. The third-order valence-electron chi connectivity index (χ3n) is 2.40. The Bertz CT molecular complexity index is 578. The first-order chi connectivity index (χ1) is 8.63. The van der Waals surface area contributed by atoms with Crippen molar-refractivity contribution >= 4 is 5.69 Å². The van der Waals surface area contributed by atoms with E-state index in [4.69, 9.17) is 4.74 Å². The number of aromatic nitrogens is 2. The fourth-order valence-electron chi connectivity index (χ4n) is 1.70. The van der Waals surface area contributed by atoms with Crippen molar-refractivity contribution in [3.63, 3.8) is 0 Å². The normalized spacial score (nSPS) is 10.3. The van der Waals surface area contributed by atoms with Crippen LogP contribution >= 0.6 is 0 Å². The second-order valence-corrected chi connectivity index (χ2v) is 3.71. The first kappa shape index (κ1) is 12.1. The van der Waals surface area contributed by atoms with Crippen LogP contribution in [0.3, 0.4) is 0 Å². The van der Waals surface area contributed by atoms with E-state index in [1.54, 1.807) is 24.3 Å². The topological polar surface area (TPSA) is 70.2 Å². The molecule has 2 aromatic rings. The van der Waals surface area contributed by atoms with Gasteiger partial charge in [0.2, 0.25) is 5.88 Å². The van der Waals surface area contributed by atoms with E-state index in [0.717, 1.165) is 5.69 Å². The molecule has 0 saturated carbocycles. The van der Waals surface area contributed by atoms with Crippen LogP contribution in [0.15, 0.2) is 30.3 Å². The number of para-hydroxylation sites is 2. The maximum absolute atomic E-state index is 11.0. The van der Waals surface area contributed by atoms with Crippen molar-refractivity contribution < 1.29 is 9.66 Å². The lowest BCUT2D eigenvalue weighted by Crippen LogP contribution is -2.05. The van der Waals surface area contributed by atoms with Gasteiger partial charge in [0, 0.05) is 12.1 Å². The summed E-state index contributed by atoms with van der Waals surface area (Å²) >= 11 is 0. The Hall–Kier alpha value is -2.37. The monoisotopic (exact) mass is 247 g/mol. The van der Waals surface area contributed by atoms with Crippen molar-refractivity contribution in [3.8, 4) is 11.6 Å². The van der Waals surface area contributed by atoms with E-state index < -0.39 is 4.92 Å². The predicted octanol–water partition coefficient (Wildman–Crippen LogP) is 2.49. The van der Waals surface area contributed by atoms with Gasteiger partial charge in [0.05, 0.1) is 17.2 Å². The van der Waals surface area contributed by atoms with Gasteiger partial charge >= 0.3 is 0 Å². The highest BCUT2D eigenvalue weighted by molar-refractivity contribution is 5.53. The van der Waals surface area contributed by atoms with Crippen molar-refractivity contribution in [2.45, 2.75) is 13.8 Å². The van der Waals surface area contributed by atoms with Gasteiger partial charge in [0.25, 0.3) is 5.69 Å². The molecule has 0 N–H and O–H groups in total. The van der Waals surface area contributed by atoms with Gasteiger partial charge in [-0.15, -0.1) is 0 Å². The molecule has 1 aromatic heterocycles. The zero-order valence-corrected chi connectivity index (χ0v) is 10.2. The number of rotatable bonds is 4. The van der Waals surface area contributed by atoms with Crippen molar-refractivity contribution in [3.05, 3.63) is 46.1 Å². The van der Waals surface area contributed by atoms with Crippen LogP contribution in [-0.2, 0) is 0 Å². The molecule has 0 aliphatic heterocycles. The van der Waals surface area contributed by atoms with Crippen LogP contribution in [0.2, 0.25) is 0 Å². The maximum Gasteiger partial charge on any atom is 0.295 e. The summed E-state index contributed by atoms with van der Waals surface area (Å²) in [5, 5.41) is 15.2. The number of nitrogens with zero attached hydrogens (tertiary/aromatic N) is 3. The summed E-state index contributed by atoms with van der Waals surface area (Å²) in [6, 6.07) is 8.20. The number of benzene rings is 1. The molecule has 1 aromatic carbocycles. The molecule has 0 aliphatic rings. The number of aryl methyl sites for hydroxylation is 1. The molecule has 0 saturated heterocycles. The third kappa shape index (κ3) is 2.17. The molecule has 0 bridgehead atoms. The highest BCUT2D eigenvalue weighted by atomic mass is 16.6. The molecule has 6 heteroatoms. The maximum atomic E-state index is 11.0. The lowest BCUT2D eigenvalue weighted by atomic mass is 10.3. The summed E-state index contributed by atoms with van der Waals surface area (Å²) in [6.07, 6.45) is 0. The summed E-state index contributed by atoms with van der Waals surface area (Å²) in [7, 11) is 0. The van der Waals surface area contributed by atoms with E-state index in [-0.39, 0.29) is 5.69 Å². The zero-order chi connectivity index (χ0) is 13.1. The van der Waals surface area contributed by atoms with Crippen LogP contribution < -0.4 is 4.74 Å². The second-order valence-electron chi connectivity index (χ2n) is 3.71. The quantitative estimate of drug-likeness (QED) is 0.614. The Morgan fingerprint density at radius 1 is 1.44 bits per heavy atom. The van der Waals surface area contributed by atoms with Crippen LogP contribution in [0.1, 0.15) is 12.6 Å². The molecule has 0 spiro atoms. The molecule has 1 heterocycles. The lowest BCUT2D eigenvalue weighted by molar-refractivity contribution is -0.384. The third-order valence-corrected chi connectivity index (χ3v) is 2.40. The van der Waals surface area contributed by atoms with Crippen LogP contribution in [0.25, 0.3) is 5.69 Å². The molecular weight excluding hydrogens is 234 g/mol. The standard InChI is InChI=1S/C12H13N3O3/c1-3-18-12-8-9(2)13-14(12)10-6-4-5-7-11(10)15(16)17/h4-8H,3H2,1-2H3. The van der Waals surface area contributed by atoms with E-state index in [1.807, 2.05) is 13.8 Å². The average Bonchev–Trinajstić information content (AvgIpc) is 2.71. The van der Waals surface area contributed by atoms with Crippen molar-refractivity contribution in [1.29, 1.82) is 0 Å². The highest BCUT2D eigenvalue weighted by Gasteiger charge is 2.18. The van der Waals surface area contributed by atoms with E-state index >= 15 is 0 Å². The van der Waals surface area contributed by atoms with Gasteiger partial charge < -0.3 is 4.74 Å². The van der Waals surface area contributed by atoms with E-state index in [2.05, 4.69) is 5.10 Å². The van der Waals surface area contributed by atoms with E-state index in [1.165, 1.54) is 10.7 Å². The van der Waals surface area contributed by atoms with Gasteiger partial charge in [0.1, 0.15) is 5.69 Å². The SMILES string of the molecule is CCOc1cc(C)nn1-c1ccccc1[N+](=O)[O-]. The lowest BCUT2D eigenvalue weighted by Gasteiger charge is -2.07. The predicted molar refractivity (Wildman–Crippen MR) is 66.1 cm³/mol. The number of hydrogen-bond acceptors (Lipinski definition) is 4. The molecule has 0 radical (unpaired) electrons. The van der Waals surface area contributed by atoms with Gasteiger partial charge in [-0.2, -0.15) is 9.78 Å². The number of nitro groups is 1. The average molecular weight is 247 g/mol. The molecule has 18 heavy (non-hydrogen) atoms. The van der Waals surface area contributed by atoms with Crippen LogP contribution in [0.4, 0.5) is 5.69 Å². The molecule has 0 fully saturated rings. The van der Waals surface area contributed by atoms with Gasteiger partial charge in [0.15, 0.2) is 0 Å². The summed E-state index contributed by atoms with van der Waals surface area (Å²) < 4.78 is 6.88. The summed E-state index contributed by atoms with van der Waals surface area (Å²) in [5.74, 6) is 0.504. The first-order valence-corrected chi connectivity index (χ1v) is 5.56. The zero-order valence-electron chi connectivity index (χ0n) is 10.2. The Kier molecular flexibility index (Phi) is 3.27. The Balaban J connectivity index is 2.58. The smallest absolute Gasteiger partial charge is 0.295 e. The van der Waals surface area contributed by atoms with E-state index in [0.29, 0.717) is 18.2 Å². The highest BCUT2D eigenvalue weighted by Crippen LogP contribution is 2.26. The van der Waals surface area contributed by atoms with Crippen LogP contribution in [0.5, 0.6) is 5.88 Å². The van der Waals surface area contributed by atoms with Gasteiger partial charge in [-0.05, 0) is 19.9 Å². The molecular formula is C12H13N3O3. The summed E-state index contributed by atoms with van der Waals surface area (Å²) in [6.45, 7) is 4.14. The fraction of sp³-hybridized carbons (Fsp3) is 0.250. The number of ether oxygens (including phenoxy) is 1. The molecule has 0 amide bonds. The van der Waals surface area contributed by atoms with Crippen molar-refractivity contribution in [2.75, 3.05) is 6.61 Å². The van der Waals surface area contributed by atoms with Crippen molar-refractivity contribution in [1.82, 2.24) is 9.78 Å². The fourth-order valence-corrected chi connectivity index (χ4v) is 1.70. The van der Waals surface area contributed by atoms with Gasteiger partial charge in [-0.1, -0.05) is 12.1 Å².